The molecule has 1 saturated heterocycles. The first-order valence-corrected chi connectivity index (χ1v) is 5.21. The molecule has 1 atom stereocenters. The van der Waals surface area contributed by atoms with Crippen LogP contribution in [-0.2, 0) is 0 Å². The van der Waals surface area contributed by atoms with Crippen molar-refractivity contribution >= 4 is 0 Å². The number of rotatable bonds is 1. The zero-order valence-electron chi connectivity index (χ0n) is 8.10. The highest BCUT2D eigenvalue weighted by Crippen LogP contribution is 2.36. The van der Waals surface area contributed by atoms with Crippen molar-refractivity contribution in [3.8, 4) is 0 Å². The van der Waals surface area contributed by atoms with Crippen LogP contribution in [0.5, 0.6) is 0 Å². The molecule has 2 aliphatic rings. The summed E-state index contributed by atoms with van der Waals surface area (Å²) < 4.78 is 26.7. The summed E-state index contributed by atoms with van der Waals surface area (Å²) >= 11 is 0. The number of piperidine rings is 1. The van der Waals surface area contributed by atoms with E-state index in [-0.39, 0.29) is 6.54 Å². The minimum atomic E-state index is -2.45. The SMILES string of the molecule is CC1CCN(C2CCC2)CC1(F)F. The molecule has 0 bridgehead atoms. The molecule has 1 heterocycles. The van der Waals surface area contributed by atoms with Crippen LogP contribution in [0.4, 0.5) is 8.78 Å². The van der Waals surface area contributed by atoms with Gasteiger partial charge in [0.25, 0.3) is 5.92 Å². The zero-order chi connectivity index (χ0) is 9.47. The van der Waals surface area contributed by atoms with Crippen molar-refractivity contribution < 1.29 is 8.78 Å². The molecule has 1 aliphatic carbocycles. The predicted molar refractivity (Wildman–Crippen MR) is 47.9 cm³/mol. The molecule has 3 heteroatoms. The molecule has 0 N–H and O–H groups in total. The molecule has 2 fully saturated rings. The fourth-order valence-electron chi connectivity index (χ4n) is 2.14. The molecule has 0 amide bonds. The van der Waals surface area contributed by atoms with Gasteiger partial charge in [0, 0.05) is 12.0 Å². The highest BCUT2D eigenvalue weighted by molar-refractivity contribution is 4.90. The molecule has 1 saturated carbocycles. The van der Waals surface area contributed by atoms with E-state index in [1.165, 1.54) is 6.42 Å². The van der Waals surface area contributed by atoms with Crippen LogP contribution in [0, 0.1) is 5.92 Å². The summed E-state index contributed by atoms with van der Waals surface area (Å²) in [5, 5.41) is 0. The molecule has 1 nitrogen and oxygen atoms in total. The summed E-state index contributed by atoms with van der Waals surface area (Å²) in [7, 11) is 0. The number of nitrogens with zero attached hydrogens (tertiary/aromatic N) is 1. The van der Waals surface area contributed by atoms with Gasteiger partial charge in [0.15, 0.2) is 0 Å². The Hall–Kier alpha value is -0.180. The van der Waals surface area contributed by atoms with Crippen LogP contribution < -0.4 is 0 Å². The number of halogens is 2. The highest BCUT2D eigenvalue weighted by Gasteiger charge is 2.44. The second kappa shape index (κ2) is 3.19. The van der Waals surface area contributed by atoms with E-state index in [1.54, 1.807) is 6.92 Å². The van der Waals surface area contributed by atoms with Gasteiger partial charge in [-0.2, -0.15) is 0 Å². The fraction of sp³-hybridized carbons (Fsp3) is 1.00. The minimum absolute atomic E-state index is 0.00116. The lowest BCUT2D eigenvalue weighted by molar-refractivity contribution is -0.119. The van der Waals surface area contributed by atoms with Crippen molar-refractivity contribution in [1.82, 2.24) is 4.90 Å². The van der Waals surface area contributed by atoms with E-state index >= 15 is 0 Å². The first-order chi connectivity index (χ1) is 6.09. The van der Waals surface area contributed by atoms with E-state index < -0.39 is 11.8 Å². The Kier molecular flexibility index (Phi) is 2.30. The minimum Gasteiger partial charge on any atom is -0.294 e. The zero-order valence-corrected chi connectivity index (χ0v) is 8.10. The molecular weight excluding hydrogens is 172 g/mol. The second-order valence-corrected chi connectivity index (χ2v) is 4.51. The monoisotopic (exact) mass is 189 g/mol. The number of likely N-dealkylation sites (tertiary alicyclic amines) is 1. The first kappa shape index (κ1) is 9.38. The van der Waals surface area contributed by atoms with Crippen molar-refractivity contribution in [1.29, 1.82) is 0 Å². The molecule has 0 aromatic heterocycles. The van der Waals surface area contributed by atoms with Gasteiger partial charge in [-0.25, -0.2) is 8.78 Å². The second-order valence-electron chi connectivity index (χ2n) is 4.51. The van der Waals surface area contributed by atoms with Gasteiger partial charge < -0.3 is 0 Å². The van der Waals surface area contributed by atoms with E-state index in [0.717, 1.165) is 19.4 Å². The molecule has 13 heavy (non-hydrogen) atoms. The maximum absolute atomic E-state index is 13.3. The van der Waals surface area contributed by atoms with Crippen molar-refractivity contribution in [3.05, 3.63) is 0 Å². The Balaban J connectivity index is 1.94. The van der Waals surface area contributed by atoms with Crippen LogP contribution in [0.3, 0.4) is 0 Å². The van der Waals surface area contributed by atoms with Gasteiger partial charge in [0.2, 0.25) is 0 Å². The molecule has 0 aromatic rings. The van der Waals surface area contributed by atoms with Crippen molar-refractivity contribution in [3.63, 3.8) is 0 Å². The van der Waals surface area contributed by atoms with Gasteiger partial charge in [0.1, 0.15) is 0 Å². The largest absolute Gasteiger partial charge is 0.294 e. The van der Waals surface area contributed by atoms with Gasteiger partial charge in [0.05, 0.1) is 6.54 Å². The van der Waals surface area contributed by atoms with Gasteiger partial charge in [-0.05, 0) is 25.8 Å². The lowest BCUT2D eigenvalue weighted by Crippen LogP contribution is -2.53. The number of hydrogen-bond acceptors (Lipinski definition) is 1. The van der Waals surface area contributed by atoms with Gasteiger partial charge in [-0.15, -0.1) is 0 Å². The van der Waals surface area contributed by atoms with E-state index in [2.05, 4.69) is 0 Å². The first-order valence-electron chi connectivity index (χ1n) is 5.21. The van der Waals surface area contributed by atoms with Crippen LogP contribution >= 0.6 is 0 Å². The van der Waals surface area contributed by atoms with E-state index in [0.29, 0.717) is 12.5 Å². The Morgan fingerprint density at radius 3 is 2.38 bits per heavy atom. The Labute approximate surface area is 78.1 Å². The third-order valence-electron chi connectivity index (χ3n) is 3.58. The maximum Gasteiger partial charge on any atom is 0.263 e. The smallest absolute Gasteiger partial charge is 0.263 e. The van der Waals surface area contributed by atoms with E-state index in [4.69, 9.17) is 0 Å². The lowest BCUT2D eigenvalue weighted by Gasteiger charge is -2.44. The standard InChI is InChI=1S/C10H17F2N/c1-8-5-6-13(7-10(8,11)12)9-3-2-4-9/h8-9H,2-7H2,1H3. The topological polar surface area (TPSA) is 3.24 Å². The Bertz CT molecular complexity index is 189. The Morgan fingerprint density at radius 1 is 1.23 bits per heavy atom. The van der Waals surface area contributed by atoms with E-state index in [1.807, 2.05) is 4.90 Å². The third kappa shape index (κ3) is 1.71. The van der Waals surface area contributed by atoms with Crippen LogP contribution in [0.15, 0.2) is 0 Å². The predicted octanol–water partition coefficient (Wildman–Crippen LogP) is 2.52. The third-order valence-corrected chi connectivity index (χ3v) is 3.58. The summed E-state index contributed by atoms with van der Waals surface area (Å²) in [5.41, 5.74) is 0. The summed E-state index contributed by atoms with van der Waals surface area (Å²) in [6.07, 6.45) is 4.14. The summed E-state index contributed by atoms with van der Waals surface area (Å²) in [6.45, 7) is 2.54. The maximum atomic E-state index is 13.3. The average molecular weight is 189 g/mol. The summed E-state index contributed by atoms with van der Waals surface area (Å²) in [4.78, 5) is 1.99. The molecule has 0 radical (unpaired) electrons. The van der Waals surface area contributed by atoms with E-state index in [9.17, 15) is 8.78 Å². The lowest BCUT2D eigenvalue weighted by atomic mass is 9.87. The molecule has 2 rings (SSSR count). The molecule has 1 unspecified atom stereocenters. The molecule has 76 valence electrons. The van der Waals surface area contributed by atoms with Crippen molar-refractivity contribution in [2.45, 2.75) is 44.6 Å². The molecule has 0 spiro atoms. The van der Waals surface area contributed by atoms with Crippen molar-refractivity contribution in [2.24, 2.45) is 5.92 Å². The van der Waals surface area contributed by atoms with Gasteiger partial charge in [-0.3, -0.25) is 4.90 Å². The Morgan fingerprint density at radius 2 is 1.92 bits per heavy atom. The van der Waals surface area contributed by atoms with Crippen LogP contribution in [0.1, 0.15) is 32.6 Å². The van der Waals surface area contributed by atoms with Gasteiger partial charge >= 0.3 is 0 Å². The van der Waals surface area contributed by atoms with Crippen LogP contribution in [0.25, 0.3) is 0 Å². The summed E-state index contributed by atoms with van der Waals surface area (Å²) in [6, 6.07) is 0.471. The summed E-state index contributed by atoms with van der Waals surface area (Å²) in [5.74, 6) is -2.88. The average Bonchev–Trinajstić information content (AvgIpc) is 1.92. The van der Waals surface area contributed by atoms with Crippen LogP contribution in [0.2, 0.25) is 0 Å². The number of hydrogen-bond donors (Lipinski definition) is 0. The fourth-order valence-corrected chi connectivity index (χ4v) is 2.14. The molecule has 1 aliphatic heterocycles. The van der Waals surface area contributed by atoms with Crippen LogP contribution in [-0.4, -0.2) is 30.0 Å². The van der Waals surface area contributed by atoms with Gasteiger partial charge in [-0.1, -0.05) is 13.3 Å². The molecular formula is C10H17F2N. The highest BCUT2D eigenvalue weighted by atomic mass is 19.3. The number of alkyl halides is 2. The van der Waals surface area contributed by atoms with Crippen molar-refractivity contribution in [2.75, 3.05) is 13.1 Å². The molecule has 0 aromatic carbocycles. The normalized spacial score (nSPS) is 35.8. The quantitative estimate of drug-likeness (QED) is 0.612.